The molecule has 0 unspecified atom stereocenters. The van der Waals surface area contributed by atoms with Gasteiger partial charge in [-0.25, -0.2) is 9.97 Å². The summed E-state index contributed by atoms with van der Waals surface area (Å²) in [5.41, 5.74) is 1.77. The molecule has 0 radical (unpaired) electrons. The van der Waals surface area contributed by atoms with Crippen LogP contribution in [0, 0.1) is 10.1 Å². The molecule has 31 heavy (non-hydrogen) atoms. The summed E-state index contributed by atoms with van der Waals surface area (Å²) in [6.07, 6.45) is 1.33. The van der Waals surface area contributed by atoms with Gasteiger partial charge in [-0.15, -0.1) is 0 Å². The molecule has 0 aliphatic rings. The van der Waals surface area contributed by atoms with Crippen molar-refractivity contribution in [1.29, 1.82) is 0 Å². The second-order valence-electron chi connectivity index (χ2n) is 6.59. The van der Waals surface area contributed by atoms with Crippen LogP contribution in [0.5, 0.6) is 0 Å². The molecule has 0 saturated heterocycles. The Balaban J connectivity index is 1.74. The third-order valence-electron chi connectivity index (χ3n) is 4.55. The largest absolute Gasteiger partial charge is 0.353 e. The Kier molecular flexibility index (Phi) is 6.45. The highest BCUT2D eigenvalue weighted by Gasteiger charge is 2.26. The number of benzene rings is 3. The molecular formula is C23H17ClN4O2S. The summed E-state index contributed by atoms with van der Waals surface area (Å²) >= 11 is 7.13. The average Bonchev–Trinajstić information content (AvgIpc) is 2.80. The third-order valence-corrected chi connectivity index (χ3v) is 5.80. The van der Waals surface area contributed by atoms with E-state index < -0.39 is 4.92 Å². The second kappa shape index (κ2) is 9.59. The minimum absolute atomic E-state index is 0.161. The number of anilines is 1. The van der Waals surface area contributed by atoms with E-state index in [0.29, 0.717) is 5.02 Å². The first-order valence-electron chi connectivity index (χ1n) is 9.41. The fourth-order valence-electron chi connectivity index (χ4n) is 3.11. The highest BCUT2D eigenvalue weighted by molar-refractivity contribution is 7.99. The zero-order valence-corrected chi connectivity index (χ0v) is 17.8. The van der Waals surface area contributed by atoms with Crippen molar-refractivity contribution in [3.05, 3.63) is 118 Å². The van der Waals surface area contributed by atoms with Gasteiger partial charge in [0.1, 0.15) is 6.33 Å². The van der Waals surface area contributed by atoms with Crippen LogP contribution in [0.2, 0.25) is 5.02 Å². The summed E-state index contributed by atoms with van der Waals surface area (Å²) in [6, 6.07) is 26.2. The Bertz CT molecular complexity index is 1140. The zero-order valence-electron chi connectivity index (χ0n) is 16.2. The van der Waals surface area contributed by atoms with Gasteiger partial charge in [0.15, 0.2) is 5.03 Å². The SMILES string of the molecule is O=[N+]([O-])c1c(NC(c2ccccc2)c2ccccc2)ncnc1Sc1ccc(Cl)cc1. The molecule has 1 heterocycles. The number of rotatable bonds is 7. The fraction of sp³-hybridized carbons (Fsp3) is 0.0435. The Labute approximate surface area is 188 Å². The van der Waals surface area contributed by atoms with Gasteiger partial charge in [-0.3, -0.25) is 10.1 Å². The van der Waals surface area contributed by atoms with Crippen LogP contribution in [0.4, 0.5) is 11.5 Å². The van der Waals surface area contributed by atoms with Crippen molar-refractivity contribution >= 4 is 34.9 Å². The van der Waals surface area contributed by atoms with Crippen LogP contribution < -0.4 is 5.32 Å². The van der Waals surface area contributed by atoms with Gasteiger partial charge >= 0.3 is 5.69 Å². The molecular weight excluding hydrogens is 432 g/mol. The van der Waals surface area contributed by atoms with E-state index in [4.69, 9.17) is 11.6 Å². The van der Waals surface area contributed by atoms with E-state index in [1.54, 1.807) is 24.3 Å². The number of halogens is 1. The van der Waals surface area contributed by atoms with Crippen molar-refractivity contribution in [2.75, 3.05) is 5.32 Å². The van der Waals surface area contributed by atoms with Gasteiger partial charge in [-0.05, 0) is 35.4 Å². The van der Waals surface area contributed by atoms with Crippen molar-refractivity contribution in [1.82, 2.24) is 9.97 Å². The molecule has 6 nitrogen and oxygen atoms in total. The fourth-order valence-corrected chi connectivity index (χ4v) is 4.10. The third kappa shape index (κ3) is 5.02. The van der Waals surface area contributed by atoms with Gasteiger partial charge in [0, 0.05) is 9.92 Å². The number of nitrogens with one attached hydrogen (secondary N) is 1. The first-order valence-corrected chi connectivity index (χ1v) is 10.6. The molecule has 3 aromatic carbocycles. The van der Waals surface area contributed by atoms with Gasteiger partial charge in [0.25, 0.3) is 0 Å². The number of hydrogen-bond donors (Lipinski definition) is 1. The molecule has 0 fully saturated rings. The molecule has 0 saturated carbocycles. The Morgan fingerprint density at radius 2 is 1.45 bits per heavy atom. The van der Waals surface area contributed by atoms with E-state index >= 15 is 0 Å². The maximum atomic E-state index is 12.0. The Morgan fingerprint density at radius 1 is 0.871 bits per heavy atom. The van der Waals surface area contributed by atoms with Gasteiger partial charge in [0.05, 0.1) is 11.0 Å². The summed E-state index contributed by atoms with van der Waals surface area (Å²) in [4.78, 5) is 20.7. The molecule has 1 aromatic heterocycles. The van der Waals surface area contributed by atoms with E-state index in [2.05, 4.69) is 15.3 Å². The smallest absolute Gasteiger partial charge is 0.343 e. The van der Waals surface area contributed by atoms with Crippen molar-refractivity contribution in [3.63, 3.8) is 0 Å². The van der Waals surface area contributed by atoms with E-state index in [-0.39, 0.29) is 22.6 Å². The normalized spacial score (nSPS) is 10.8. The summed E-state index contributed by atoms with van der Waals surface area (Å²) in [5.74, 6) is 0.161. The molecule has 0 amide bonds. The molecule has 154 valence electrons. The van der Waals surface area contributed by atoms with E-state index in [9.17, 15) is 10.1 Å². The summed E-state index contributed by atoms with van der Waals surface area (Å²) in [6.45, 7) is 0. The highest BCUT2D eigenvalue weighted by atomic mass is 35.5. The molecule has 0 spiro atoms. The van der Waals surface area contributed by atoms with Crippen molar-refractivity contribution in [3.8, 4) is 0 Å². The van der Waals surface area contributed by atoms with Gasteiger partial charge in [0.2, 0.25) is 5.82 Å². The number of nitrogens with zero attached hydrogens (tertiary/aromatic N) is 3. The van der Waals surface area contributed by atoms with Crippen LogP contribution in [0.3, 0.4) is 0 Å². The summed E-state index contributed by atoms with van der Waals surface area (Å²) < 4.78 is 0. The van der Waals surface area contributed by atoms with Crippen molar-refractivity contribution < 1.29 is 4.92 Å². The molecule has 0 aliphatic carbocycles. The second-order valence-corrected chi connectivity index (χ2v) is 8.09. The van der Waals surface area contributed by atoms with Crippen LogP contribution in [0.25, 0.3) is 0 Å². The summed E-state index contributed by atoms with van der Waals surface area (Å²) in [5, 5.41) is 16.1. The van der Waals surface area contributed by atoms with Crippen LogP contribution >= 0.6 is 23.4 Å². The molecule has 0 bridgehead atoms. The van der Waals surface area contributed by atoms with Crippen molar-refractivity contribution in [2.24, 2.45) is 0 Å². The first kappa shape index (κ1) is 20.8. The standard InChI is InChI=1S/C23H17ClN4O2S/c24-18-11-13-19(14-12-18)31-23-21(28(29)30)22(25-15-26-23)27-20(16-7-3-1-4-8-16)17-9-5-2-6-10-17/h1-15,20H,(H,25,26,27). The quantitative estimate of drug-likeness (QED) is 0.200. The number of aromatic nitrogens is 2. The Morgan fingerprint density at radius 3 is 2.00 bits per heavy atom. The molecule has 4 rings (SSSR count). The lowest BCUT2D eigenvalue weighted by atomic mass is 9.99. The zero-order chi connectivity index (χ0) is 21.6. The van der Waals surface area contributed by atoms with Crippen LogP contribution in [-0.4, -0.2) is 14.9 Å². The lowest BCUT2D eigenvalue weighted by Gasteiger charge is -2.20. The van der Waals surface area contributed by atoms with E-state index in [0.717, 1.165) is 16.0 Å². The van der Waals surface area contributed by atoms with Crippen LogP contribution in [0.15, 0.2) is 101 Å². The van der Waals surface area contributed by atoms with E-state index in [1.165, 1.54) is 18.1 Å². The molecule has 1 N–H and O–H groups in total. The predicted molar refractivity (Wildman–Crippen MR) is 123 cm³/mol. The van der Waals surface area contributed by atoms with Gasteiger partial charge in [-0.1, -0.05) is 84.0 Å². The minimum Gasteiger partial charge on any atom is -0.353 e. The molecule has 8 heteroatoms. The molecule has 0 atom stereocenters. The lowest BCUT2D eigenvalue weighted by molar-refractivity contribution is -0.387. The van der Waals surface area contributed by atoms with E-state index in [1.807, 2.05) is 60.7 Å². The maximum Gasteiger partial charge on any atom is 0.343 e. The monoisotopic (exact) mass is 448 g/mol. The van der Waals surface area contributed by atoms with Crippen LogP contribution in [0.1, 0.15) is 17.2 Å². The molecule has 0 aliphatic heterocycles. The van der Waals surface area contributed by atoms with Crippen molar-refractivity contribution in [2.45, 2.75) is 16.0 Å². The number of nitro groups is 1. The minimum atomic E-state index is -0.451. The Hall–Kier alpha value is -3.42. The molecule has 4 aromatic rings. The number of hydrogen-bond acceptors (Lipinski definition) is 6. The van der Waals surface area contributed by atoms with Crippen LogP contribution in [-0.2, 0) is 0 Å². The maximum absolute atomic E-state index is 12.0. The highest BCUT2D eigenvalue weighted by Crippen LogP contribution is 2.38. The predicted octanol–water partition coefficient (Wildman–Crippen LogP) is 6.39. The first-order chi connectivity index (χ1) is 15.1. The van der Waals surface area contributed by atoms with Gasteiger partial charge in [-0.2, -0.15) is 0 Å². The van der Waals surface area contributed by atoms with Gasteiger partial charge < -0.3 is 5.32 Å². The lowest BCUT2D eigenvalue weighted by Crippen LogP contribution is -2.15. The topological polar surface area (TPSA) is 81.0 Å². The summed E-state index contributed by atoms with van der Waals surface area (Å²) in [7, 11) is 0. The average molecular weight is 449 g/mol.